The molecule has 1 saturated carbocycles. The Kier molecular flexibility index (Phi) is 2.26. The van der Waals surface area contributed by atoms with Crippen LogP contribution in [0.15, 0.2) is 0 Å². The maximum Gasteiger partial charge on any atom is 0.407 e. The summed E-state index contributed by atoms with van der Waals surface area (Å²) in [6, 6.07) is -0.320. The van der Waals surface area contributed by atoms with Crippen LogP contribution in [0, 0.1) is 0 Å². The smallest absolute Gasteiger partial charge is 0.407 e. The third kappa shape index (κ3) is 3.07. The average Bonchev–Trinajstić information content (AvgIpc) is 2.40. The van der Waals surface area contributed by atoms with Gasteiger partial charge >= 0.3 is 6.09 Å². The van der Waals surface area contributed by atoms with Crippen molar-refractivity contribution in [3.63, 3.8) is 0 Å². The van der Waals surface area contributed by atoms with E-state index in [0.29, 0.717) is 6.42 Å². The Morgan fingerprint density at radius 3 is 2.42 bits per heavy atom. The number of amides is 1. The number of hydrogen-bond donors (Lipinski definition) is 1. The van der Waals surface area contributed by atoms with Crippen LogP contribution in [0.25, 0.3) is 0 Å². The van der Waals surface area contributed by atoms with E-state index in [1.54, 1.807) is 20.8 Å². The molecule has 1 rings (SSSR count). The summed E-state index contributed by atoms with van der Waals surface area (Å²) in [4.78, 5) is 11.0. The van der Waals surface area contributed by atoms with Gasteiger partial charge in [0, 0.05) is 6.42 Å². The minimum atomic E-state index is -0.877. The van der Waals surface area contributed by atoms with Crippen molar-refractivity contribution >= 4 is 6.09 Å². The van der Waals surface area contributed by atoms with E-state index in [1.807, 2.05) is 0 Å². The van der Waals surface area contributed by atoms with Crippen molar-refractivity contribution in [2.75, 3.05) is 0 Å². The SMILES string of the molecule is CC(C)(C)OC(=O)N[C@@H]1C[C@@H]1F. The van der Waals surface area contributed by atoms with Crippen LogP contribution < -0.4 is 5.32 Å². The molecule has 0 aliphatic heterocycles. The Bertz CT molecular complexity index is 188. The minimum Gasteiger partial charge on any atom is -0.444 e. The molecule has 0 spiro atoms. The zero-order valence-electron chi connectivity index (χ0n) is 7.56. The Hall–Kier alpha value is -0.800. The lowest BCUT2D eigenvalue weighted by Crippen LogP contribution is -2.34. The molecule has 0 bridgehead atoms. The molecule has 1 N–H and O–H groups in total. The molecular weight excluding hydrogens is 161 g/mol. The Morgan fingerprint density at radius 1 is 1.58 bits per heavy atom. The van der Waals surface area contributed by atoms with Crippen LogP contribution in [0.2, 0.25) is 0 Å². The topological polar surface area (TPSA) is 38.3 Å². The van der Waals surface area contributed by atoms with Gasteiger partial charge in [-0.2, -0.15) is 0 Å². The fraction of sp³-hybridized carbons (Fsp3) is 0.875. The quantitative estimate of drug-likeness (QED) is 0.657. The lowest BCUT2D eigenvalue weighted by atomic mass is 10.2. The Labute approximate surface area is 71.3 Å². The van der Waals surface area contributed by atoms with Gasteiger partial charge in [-0.15, -0.1) is 0 Å². The predicted molar refractivity (Wildman–Crippen MR) is 42.7 cm³/mol. The summed E-state index contributed by atoms with van der Waals surface area (Å²) < 4.78 is 17.2. The third-order valence-corrected chi connectivity index (χ3v) is 1.41. The molecule has 4 heteroatoms. The second kappa shape index (κ2) is 2.92. The number of hydrogen-bond acceptors (Lipinski definition) is 2. The summed E-state index contributed by atoms with van der Waals surface area (Å²) in [6.07, 6.45) is -0.996. The molecule has 1 aliphatic carbocycles. The van der Waals surface area contributed by atoms with Crippen LogP contribution in [0.1, 0.15) is 27.2 Å². The number of carbonyl (C=O) groups is 1. The molecular formula is C8H14FNO2. The van der Waals surface area contributed by atoms with Gasteiger partial charge in [0.1, 0.15) is 11.8 Å². The van der Waals surface area contributed by atoms with Crippen LogP contribution in [0.4, 0.5) is 9.18 Å². The molecule has 1 fully saturated rings. The number of nitrogens with one attached hydrogen (secondary N) is 1. The lowest BCUT2D eigenvalue weighted by molar-refractivity contribution is 0.0519. The van der Waals surface area contributed by atoms with E-state index in [4.69, 9.17) is 4.74 Å². The van der Waals surface area contributed by atoms with Crippen molar-refractivity contribution in [3.05, 3.63) is 0 Å². The van der Waals surface area contributed by atoms with Gasteiger partial charge in [-0.1, -0.05) is 0 Å². The van der Waals surface area contributed by atoms with Crippen LogP contribution in [0.5, 0.6) is 0 Å². The van der Waals surface area contributed by atoms with Gasteiger partial charge in [0.05, 0.1) is 6.04 Å². The van der Waals surface area contributed by atoms with Crippen LogP contribution in [0.3, 0.4) is 0 Å². The monoisotopic (exact) mass is 175 g/mol. The molecule has 70 valence electrons. The van der Waals surface area contributed by atoms with Crippen LogP contribution >= 0.6 is 0 Å². The first kappa shape index (κ1) is 9.29. The minimum absolute atomic E-state index is 0.320. The fourth-order valence-electron chi connectivity index (χ4n) is 0.772. The van der Waals surface area contributed by atoms with E-state index in [9.17, 15) is 9.18 Å². The van der Waals surface area contributed by atoms with Crippen LogP contribution in [-0.2, 0) is 4.74 Å². The van der Waals surface area contributed by atoms with Gasteiger partial charge in [0.25, 0.3) is 0 Å². The normalized spacial score (nSPS) is 28.0. The first-order chi connectivity index (χ1) is 5.38. The summed E-state index contributed by atoms with van der Waals surface area (Å²) in [6.45, 7) is 5.31. The van der Waals surface area contributed by atoms with Gasteiger partial charge in [-0.05, 0) is 20.8 Å². The van der Waals surface area contributed by atoms with Gasteiger partial charge in [0.2, 0.25) is 0 Å². The van der Waals surface area contributed by atoms with Crippen molar-refractivity contribution in [2.24, 2.45) is 0 Å². The molecule has 0 aromatic carbocycles. The highest BCUT2D eigenvalue weighted by atomic mass is 19.1. The molecule has 1 amide bonds. The molecule has 0 heterocycles. The van der Waals surface area contributed by atoms with Gasteiger partial charge in [0.15, 0.2) is 0 Å². The maximum atomic E-state index is 12.3. The number of alkyl carbamates (subject to hydrolysis) is 1. The lowest BCUT2D eigenvalue weighted by Gasteiger charge is -2.19. The van der Waals surface area contributed by atoms with Crippen molar-refractivity contribution in [3.8, 4) is 0 Å². The van der Waals surface area contributed by atoms with Crippen molar-refractivity contribution in [2.45, 2.75) is 45.0 Å². The molecule has 2 atom stereocenters. The van der Waals surface area contributed by atoms with E-state index in [-0.39, 0.29) is 6.04 Å². The van der Waals surface area contributed by atoms with E-state index in [1.165, 1.54) is 0 Å². The molecule has 0 unspecified atom stereocenters. The first-order valence-electron chi connectivity index (χ1n) is 4.02. The summed E-state index contributed by atoms with van der Waals surface area (Å²) in [5, 5.41) is 2.42. The molecule has 0 aromatic heterocycles. The summed E-state index contributed by atoms with van der Waals surface area (Å²) in [5.41, 5.74) is -0.509. The van der Waals surface area contributed by atoms with Gasteiger partial charge in [-0.3, -0.25) is 0 Å². The van der Waals surface area contributed by atoms with Crippen molar-refractivity contribution in [1.29, 1.82) is 0 Å². The predicted octanol–water partition coefficient (Wildman–Crippen LogP) is 1.62. The molecule has 1 aliphatic rings. The number of halogens is 1. The zero-order chi connectivity index (χ0) is 9.35. The highest BCUT2D eigenvalue weighted by Crippen LogP contribution is 2.25. The van der Waals surface area contributed by atoms with E-state index in [0.717, 1.165) is 0 Å². The molecule has 0 aromatic rings. The summed E-state index contributed by atoms with van der Waals surface area (Å²) in [7, 11) is 0. The van der Waals surface area contributed by atoms with Crippen molar-refractivity contribution < 1.29 is 13.9 Å². The van der Waals surface area contributed by atoms with Gasteiger partial charge in [-0.25, -0.2) is 9.18 Å². The van der Waals surface area contributed by atoms with E-state index < -0.39 is 17.9 Å². The first-order valence-corrected chi connectivity index (χ1v) is 4.02. The maximum absolute atomic E-state index is 12.3. The largest absolute Gasteiger partial charge is 0.444 e. The number of ether oxygens (including phenoxy) is 1. The average molecular weight is 175 g/mol. The second-order valence-electron chi connectivity index (χ2n) is 4.00. The molecule has 0 saturated heterocycles. The summed E-state index contributed by atoms with van der Waals surface area (Å²) in [5.74, 6) is 0. The number of alkyl halides is 1. The highest BCUT2D eigenvalue weighted by Gasteiger charge is 2.39. The zero-order valence-corrected chi connectivity index (χ0v) is 7.56. The summed E-state index contributed by atoms with van der Waals surface area (Å²) >= 11 is 0. The number of rotatable bonds is 1. The van der Waals surface area contributed by atoms with Gasteiger partial charge < -0.3 is 10.1 Å². The van der Waals surface area contributed by atoms with E-state index in [2.05, 4.69) is 5.32 Å². The standard InChI is InChI=1S/C8H14FNO2/c1-8(2,3)12-7(11)10-6-4-5(6)9/h5-6H,4H2,1-3H3,(H,10,11)/t5-,6+/m0/s1. The second-order valence-corrected chi connectivity index (χ2v) is 4.00. The third-order valence-electron chi connectivity index (χ3n) is 1.41. The van der Waals surface area contributed by atoms with Crippen LogP contribution in [-0.4, -0.2) is 23.9 Å². The fourth-order valence-corrected chi connectivity index (χ4v) is 0.772. The molecule has 3 nitrogen and oxygen atoms in total. The Morgan fingerprint density at radius 2 is 2.08 bits per heavy atom. The number of carbonyl (C=O) groups excluding carboxylic acids is 1. The van der Waals surface area contributed by atoms with E-state index >= 15 is 0 Å². The highest BCUT2D eigenvalue weighted by molar-refractivity contribution is 5.68. The van der Waals surface area contributed by atoms with Crippen molar-refractivity contribution in [1.82, 2.24) is 5.32 Å². The molecule has 0 radical (unpaired) electrons. The Balaban J connectivity index is 2.21. The molecule has 12 heavy (non-hydrogen) atoms.